The van der Waals surface area contributed by atoms with E-state index in [0.29, 0.717) is 25.9 Å². The van der Waals surface area contributed by atoms with Gasteiger partial charge in [0.15, 0.2) is 0 Å². The van der Waals surface area contributed by atoms with Crippen molar-refractivity contribution in [2.75, 3.05) is 38.1 Å². The van der Waals surface area contributed by atoms with Gasteiger partial charge in [-0.25, -0.2) is 18.1 Å². The lowest BCUT2D eigenvalue weighted by Gasteiger charge is -2.35. The maximum absolute atomic E-state index is 12.5. The predicted molar refractivity (Wildman–Crippen MR) is 104 cm³/mol. The number of hydrogen-bond donors (Lipinski definition) is 1. The molecule has 3 rings (SSSR count). The molecule has 1 N–H and O–H groups in total. The minimum atomic E-state index is -3.43. The molecule has 0 bridgehead atoms. The summed E-state index contributed by atoms with van der Waals surface area (Å²) in [4.78, 5) is 21.1. The smallest absolute Gasteiger partial charge is 0.240 e. The maximum atomic E-state index is 12.5. The van der Waals surface area contributed by atoms with Crippen LogP contribution in [-0.2, 0) is 21.2 Å². The number of hydrogen-bond acceptors (Lipinski definition) is 5. The van der Waals surface area contributed by atoms with Crippen LogP contribution in [0.1, 0.15) is 12.0 Å². The second-order valence-electron chi connectivity index (χ2n) is 6.41. The molecule has 2 heterocycles. The lowest BCUT2D eigenvalue weighted by molar-refractivity contribution is -0.131. The van der Waals surface area contributed by atoms with Crippen LogP contribution in [0.3, 0.4) is 0 Å². The fourth-order valence-corrected chi connectivity index (χ4v) is 3.82. The zero-order valence-electron chi connectivity index (χ0n) is 15.3. The van der Waals surface area contributed by atoms with Gasteiger partial charge in [-0.05, 0) is 43.3 Å². The number of aryl methyl sites for hydroxylation is 1. The molecule has 1 aromatic carbocycles. The summed E-state index contributed by atoms with van der Waals surface area (Å²) in [7, 11) is -2.04. The van der Waals surface area contributed by atoms with Crippen LogP contribution in [0.25, 0.3) is 0 Å². The number of benzene rings is 1. The Bertz CT molecular complexity index is 862. The van der Waals surface area contributed by atoms with Crippen LogP contribution >= 0.6 is 0 Å². The fourth-order valence-electron chi connectivity index (χ4n) is 3.09. The zero-order valence-corrected chi connectivity index (χ0v) is 16.2. The summed E-state index contributed by atoms with van der Waals surface area (Å²) in [5.41, 5.74) is 0.950. The first-order valence-electron chi connectivity index (χ1n) is 8.96. The third kappa shape index (κ3) is 4.84. The molecule has 27 heavy (non-hydrogen) atoms. The quantitative estimate of drug-likeness (QED) is 0.806. The van der Waals surface area contributed by atoms with E-state index in [9.17, 15) is 13.2 Å². The molecule has 7 nitrogen and oxygen atoms in total. The normalized spacial score (nSPS) is 15.0. The third-order valence-electron chi connectivity index (χ3n) is 4.74. The van der Waals surface area contributed by atoms with Crippen LogP contribution in [-0.4, -0.2) is 57.4 Å². The van der Waals surface area contributed by atoms with E-state index in [-0.39, 0.29) is 10.8 Å². The van der Waals surface area contributed by atoms with Crippen molar-refractivity contribution in [1.82, 2.24) is 14.6 Å². The van der Waals surface area contributed by atoms with Gasteiger partial charge >= 0.3 is 0 Å². The number of carbonyl (C=O) groups is 1. The zero-order chi connectivity index (χ0) is 19.3. The van der Waals surface area contributed by atoms with Gasteiger partial charge in [0.25, 0.3) is 0 Å². The Hall–Kier alpha value is -2.45. The van der Waals surface area contributed by atoms with Crippen molar-refractivity contribution in [3.63, 3.8) is 0 Å². The van der Waals surface area contributed by atoms with Crippen molar-refractivity contribution < 1.29 is 13.2 Å². The molecule has 0 atom stereocenters. The van der Waals surface area contributed by atoms with Gasteiger partial charge in [0.1, 0.15) is 5.82 Å². The van der Waals surface area contributed by atoms with Crippen LogP contribution in [0.2, 0.25) is 0 Å². The number of sulfonamides is 1. The molecule has 1 aliphatic heterocycles. The first-order chi connectivity index (χ1) is 13.0. The van der Waals surface area contributed by atoms with Gasteiger partial charge in [-0.3, -0.25) is 4.79 Å². The van der Waals surface area contributed by atoms with Crippen LogP contribution in [0.4, 0.5) is 5.82 Å². The second-order valence-corrected chi connectivity index (χ2v) is 8.29. The maximum Gasteiger partial charge on any atom is 0.240 e. The number of carbonyl (C=O) groups excluding carboxylic acids is 1. The van der Waals surface area contributed by atoms with Gasteiger partial charge in [-0.15, -0.1) is 0 Å². The van der Waals surface area contributed by atoms with Crippen LogP contribution in [0.15, 0.2) is 53.6 Å². The Morgan fingerprint density at radius 2 is 1.78 bits per heavy atom. The van der Waals surface area contributed by atoms with Crippen molar-refractivity contribution in [3.8, 4) is 0 Å². The van der Waals surface area contributed by atoms with Gasteiger partial charge in [0.05, 0.1) is 4.90 Å². The van der Waals surface area contributed by atoms with Crippen LogP contribution in [0.5, 0.6) is 0 Å². The van der Waals surface area contributed by atoms with E-state index in [2.05, 4.69) is 14.6 Å². The van der Waals surface area contributed by atoms with Gasteiger partial charge in [0, 0.05) is 38.8 Å². The average molecular weight is 388 g/mol. The topological polar surface area (TPSA) is 82.6 Å². The molecule has 1 amide bonds. The number of amides is 1. The molecule has 8 heteroatoms. The molecule has 0 saturated carbocycles. The highest BCUT2D eigenvalue weighted by Crippen LogP contribution is 2.15. The summed E-state index contributed by atoms with van der Waals surface area (Å²) in [5, 5.41) is 0. The fraction of sp³-hybridized carbons (Fsp3) is 0.368. The molecule has 1 aromatic heterocycles. The van der Waals surface area contributed by atoms with E-state index >= 15 is 0 Å². The highest BCUT2D eigenvalue weighted by Gasteiger charge is 2.21. The summed E-state index contributed by atoms with van der Waals surface area (Å²) < 4.78 is 25.8. The molecule has 2 aromatic rings. The van der Waals surface area contributed by atoms with E-state index in [1.807, 2.05) is 23.1 Å². The van der Waals surface area contributed by atoms with E-state index in [1.54, 1.807) is 30.5 Å². The van der Waals surface area contributed by atoms with E-state index < -0.39 is 10.0 Å². The first-order valence-corrected chi connectivity index (χ1v) is 10.4. The number of aromatic nitrogens is 1. The molecular formula is C19H24N4O3S. The summed E-state index contributed by atoms with van der Waals surface area (Å²) in [6.07, 6.45) is 2.79. The number of rotatable bonds is 6. The van der Waals surface area contributed by atoms with E-state index in [4.69, 9.17) is 0 Å². The van der Waals surface area contributed by atoms with Crippen molar-refractivity contribution in [2.24, 2.45) is 0 Å². The van der Waals surface area contributed by atoms with Gasteiger partial charge in [-0.2, -0.15) is 0 Å². The van der Waals surface area contributed by atoms with Crippen molar-refractivity contribution >= 4 is 21.7 Å². The Balaban J connectivity index is 1.49. The van der Waals surface area contributed by atoms with Gasteiger partial charge in [-0.1, -0.05) is 18.2 Å². The summed E-state index contributed by atoms with van der Waals surface area (Å²) in [6.45, 7) is 2.93. The van der Waals surface area contributed by atoms with Crippen molar-refractivity contribution in [3.05, 3.63) is 54.2 Å². The molecule has 0 radical (unpaired) electrons. The molecule has 0 unspecified atom stereocenters. The highest BCUT2D eigenvalue weighted by molar-refractivity contribution is 7.89. The van der Waals surface area contributed by atoms with Gasteiger partial charge < -0.3 is 9.80 Å². The van der Waals surface area contributed by atoms with Crippen LogP contribution < -0.4 is 9.62 Å². The van der Waals surface area contributed by atoms with E-state index in [1.165, 1.54) is 7.05 Å². The molecule has 1 fully saturated rings. The summed E-state index contributed by atoms with van der Waals surface area (Å²) >= 11 is 0. The first kappa shape index (κ1) is 19.3. The standard InChI is InChI=1S/C19H24N4O3S/c1-20-27(25,26)17-8-5-16(6-9-17)7-10-19(24)23-14-12-22(13-15-23)18-4-2-3-11-21-18/h2-6,8-9,11,20H,7,10,12-15H2,1H3. The largest absolute Gasteiger partial charge is 0.353 e. The number of nitrogens with one attached hydrogen (secondary N) is 1. The predicted octanol–water partition coefficient (Wildman–Crippen LogP) is 1.27. The minimum Gasteiger partial charge on any atom is -0.353 e. The average Bonchev–Trinajstić information content (AvgIpc) is 2.73. The molecular weight excluding hydrogens is 364 g/mol. The Morgan fingerprint density at radius 1 is 1.07 bits per heavy atom. The molecule has 1 aliphatic rings. The number of pyridine rings is 1. The summed E-state index contributed by atoms with van der Waals surface area (Å²) in [5.74, 6) is 1.07. The second kappa shape index (κ2) is 8.49. The van der Waals surface area contributed by atoms with Crippen molar-refractivity contribution in [2.45, 2.75) is 17.7 Å². The van der Waals surface area contributed by atoms with E-state index in [0.717, 1.165) is 24.5 Å². The molecule has 144 valence electrons. The summed E-state index contributed by atoms with van der Waals surface area (Å²) in [6, 6.07) is 12.5. The van der Waals surface area contributed by atoms with Crippen LogP contribution in [0, 0.1) is 0 Å². The Labute approximate surface area is 160 Å². The SMILES string of the molecule is CNS(=O)(=O)c1ccc(CCC(=O)N2CCN(c3ccccn3)CC2)cc1. The Morgan fingerprint density at radius 3 is 2.37 bits per heavy atom. The van der Waals surface area contributed by atoms with Crippen molar-refractivity contribution in [1.29, 1.82) is 0 Å². The lowest BCUT2D eigenvalue weighted by Crippen LogP contribution is -2.49. The lowest BCUT2D eigenvalue weighted by atomic mass is 10.1. The number of anilines is 1. The molecule has 0 spiro atoms. The molecule has 0 aliphatic carbocycles. The Kier molecular flexibility index (Phi) is 6.08. The number of piperazine rings is 1. The minimum absolute atomic E-state index is 0.127. The molecule has 1 saturated heterocycles. The van der Waals surface area contributed by atoms with Gasteiger partial charge in [0.2, 0.25) is 15.9 Å². The third-order valence-corrected chi connectivity index (χ3v) is 6.17. The monoisotopic (exact) mass is 388 g/mol. The number of nitrogens with zero attached hydrogens (tertiary/aromatic N) is 3. The highest BCUT2D eigenvalue weighted by atomic mass is 32.2.